The molecule has 1 aliphatic heterocycles. The van der Waals surface area contributed by atoms with Crippen molar-refractivity contribution >= 4 is 5.69 Å². The van der Waals surface area contributed by atoms with Gasteiger partial charge in [0, 0.05) is 38.8 Å². The number of hydrogen-bond acceptors (Lipinski definition) is 5. The Hall–Kier alpha value is -1.40. The molecule has 1 aromatic heterocycles. The Labute approximate surface area is 120 Å². The van der Waals surface area contributed by atoms with Crippen LogP contribution < -0.4 is 15.8 Å². The van der Waals surface area contributed by atoms with Gasteiger partial charge >= 0.3 is 0 Å². The molecule has 0 amide bonds. The summed E-state index contributed by atoms with van der Waals surface area (Å²) in [5.74, 6) is 0.389. The number of anilines is 1. The van der Waals surface area contributed by atoms with Crippen LogP contribution in [0.5, 0.6) is 0 Å². The number of rotatable bonds is 5. The van der Waals surface area contributed by atoms with Gasteiger partial charge in [0.2, 0.25) is 0 Å². The lowest BCUT2D eigenvalue weighted by Crippen LogP contribution is -2.45. The summed E-state index contributed by atoms with van der Waals surface area (Å²) < 4.78 is 1.56. The summed E-state index contributed by atoms with van der Waals surface area (Å²) in [6.45, 7) is 7.62. The Morgan fingerprint density at radius 3 is 2.65 bits per heavy atom. The number of nitrogens with zero attached hydrogens (tertiary/aromatic N) is 4. The molecule has 0 spiro atoms. The molecule has 1 saturated heterocycles. The highest BCUT2D eigenvalue weighted by Gasteiger charge is 2.15. The number of nitrogens with one attached hydrogen (secondary N) is 1. The quantitative estimate of drug-likeness (QED) is 0.812. The van der Waals surface area contributed by atoms with Crippen LogP contribution in [0.2, 0.25) is 0 Å². The van der Waals surface area contributed by atoms with Crippen molar-refractivity contribution in [2.24, 2.45) is 5.92 Å². The van der Waals surface area contributed by atoms with Gasteiger partial charge < -0.3 is 15.1 Å². The van der Waals surface area contributed by atoms with E-state index in [2.05, 4.69) is 34.2 Å². The van der Waals surface area contributed by atoms with Crippen LogP contribution in [0.4, 0.5) is 5.69 Å². The zero-order valence-electron chi connectivity index (χ0n) is 12.7. The van der Waals surface area contributed by atoms with Crippen LogP contribution in [0.3, 0.4) is 0 Å². The van der Waals surface area contributed by atoms with Crippen LogP contribution in [0.1, 0.15) is 6.92 Å². The van der Waals surface area contributed by atoms with Gasteiger partial charge in [-0.25, -0.2) is 4.68 Å². The molecule has 1 aromatic rings. The zero-order valence-corrected chi connectivity index (χ0v) is 12.7. The third-order valence-corrected chi connectivity index (χ3v) is 3.76. The lowest BCUT2D eigenvalue weighted by molar-refractivity contribution is 0.312. The molecule has 6 heteroatoms. The Kier molecular flexibility index (Phi) is 5.14. The first-order chi connectivity index (χ1) is 9.60. The normalized spacial score (nSPS) is 18.2. The van der Waals surface area contributed by atoms with Crippen LogP contribution in [0.25, 0.3) is 0 Å². The first-order valence-corrected chi connectivity index (χ1v) is 7.25. The van der Waals surface area contributed by atoms with E-state index >= 15 is 0 Å². The average Bonchev–Trinajstić information content (AvgIpc) is 2.42. The highest BCUT2D eigenvalue weighted by atomic mass is 16.1. The highest BCUT2D eigenvalue weighted by Crippen LogP contribution is 2.12. The molecule has 2 heterocycles. The average molecular weight is 279 g/mol. The Bertz CT molecular complexity index is 479. The van der Waals surface area contributed by atoms with Gasteiger partial charge in [-0.05, 0) is 26.6 Å². The molecule has 0 aliphatic carbocycles. The molecule has 1 fully saturated rings. The maximum atomic E-state index is 12.1. The van der Waals surface area contributed by atoms with Crippen LogP contribution in [-0.4, -0.2) is 61.5 Å². The second kappa shape index (κ2) is 6.85. The predicted octanol–water partition coefficient (Wildman–Crippen LogP) is -0.149. The summed E-state index contributed by atoms with van der Waals surface area (Å²) in [6.07, 6.45) is 1.82. The molecule has 0 aromatic carbocycles. The molecule has 0 bridgehead atoms. The fourth-order valence-corrected chi connectivity index (χ4v) is 2.51. The summed E-state index contributed by atoms with van der Waals surface area (Å²) >= 11 is 0. The zero-order chi connectivity index (χ0) is 14.5. The minimum Gasteiger partial charge on any atom is -0.368 e. The van der Waals surface area contributed by atoms with E-state index in [-0.39, 0.29) is 5.56 Å². The van der Waals surface area contributed by atoms with Gasteiger partial charge in [-0.2, -0.15) is 5.10 Å². The van der Waals surface area contributed by atoms with Gasteiger partial charge in [-0.15, -0.1) is 0 Å². The Morgan fingerprint density at radius 1 is 1.35 bits per heavy atom. The maximum absolute atomic E-state index is 12.1. The van der Waals surface area contributed by atoms with Gasteiger partial charge in [0.25, 0.3) is 5.56 Å². The SMILES string of the molecule is CNCC(C)Cn1ncc(N2CCN(C)CC2)cc1=O. The molecule has 1 N–H and O–H groups in total. The highest BCUT2D eigenvalue weighted by molar-refractivity contribution is 5.43. The minimum absolute atomic E-state index is 0.00983. The molecule has 0 radical (unpaired) electrons. The molecule has 1 unspecified atom stereocenters. The van der Waals surface area contributed by atoms with E-state index < -0.39 is 0 Å². The largest absolute Gasteiger partial charge is 0.368 e. The fourth-order valence-electron chi connectivity index (χ4n) is 2.51. The molecule has 0 saturated carbocycles. The van der Waals surface area contributed by atoms with Gasteiger partial charge in [0.05, 0.1) is 11.9 Å². The first-order valence-electron chi connectivity index (χ1n) is 7.25. The van der Waals surface area contributed by atoms with Crippen LogP contribution in [0, 0.1) is 5.92 Å². The third-order valence-electron chi connectivity index (χ3n) is 3.76. The fraction of sp³-hybridized carbons (Fsp3) is 0.714. The number of piperazine rings is 1. The minimum atomic E-state index is -0.00983. The monoisotopic (exact) mass is 279 g/mol. The van der Waals surface area contributed by atoms with Gasteiger partial charge in [-0.3, -0.25) is 4.79 Å². The molecule has 20 heavy (non-hydrogen) atoms. The Morgan fingerprint density at radius 2 is 2.05 bits per heavy atom. The standard InChI is InChI=1S/C14H25N5O/c1-12(9-15-2)11-19-14(20)8-13(10-16-19)18-6-4-17(3)5-7-18/h8,10,12,15H,4-7,9,11H2,1-3H3. The second-order valence-corrected chi connectivity index (χ2v) is 5.69. The Balaban J connectivity index is 2.04. The van der Waals surface area contributed by atoms with E-state index in [0.717, 1.165) is 38.4 Å². The van der Waals surface area contributed by atoms with Crippen molar-refractivity contribution < 1.29 is 0 Å². The summed E-state index contributed by atoms with van der Waals surface area (Å²) in [6, 6.07) is 1.71. The predicted molar refractivity (Wildman–Crippen MR) is 81.3 cm³/mol. The molecular formula is C14H25N5O. The van der Waals surface area contributed by atoms with E-state index in [0.29, 0.717) is 12.5 Å². The van der Waals surface area contributed by atoms with E-state index in [9.17, 15) is 4.79 Å². The summed E-state index contributed by atoms with van der Waals surface area (Å²) in [7, 11) is 4.04. The molecular weight excluding hydrogens is 254 g/mol. The van der Waals surface area contributed by atoms with Crippen LogP contribution >= 0.6 is 0 Å². The second-order valence-electron chi connectivity index (χ2n) is 5.69. The molecule has 112 valence electrons. The van der Waals surface area contributed by atoms with E-state index in [1.54, 1.807) is 10.7 Å². The maximum Gasteiger partial charge on any atom is 0.268 e. The summed E-state index contributed by atoms with van der Waals surface area (Å²) in [5.41, 5.74) is 0.935. The smallest absolute Gasteiger partial charge is 0.268 e. The van der Waals surface area contributed by atoms with Crippen molar-refractivity contribution in [1.82, 2.24) is 20.0 Å². The van der Waals surface area contributed by atoms with Gasteiger partial charge in [-0.1, -0.05) is 6.92 Å². The van der Waals surface area contributed by atoms with Crippen molar-refractivity contribution in [3.8, 4) is 0 Å². The van der Waals surface area contributed by atoms with Gasteiger partial charge in [0.15, 0.2) is 0 Å². The lowest BCUT2D eigenvalue weighted by Gasteiger charge is -2.33. The van der Waals surface area contributed by atoms with Crippen molar-refractivity contribution in [3.05, 3.63) is 22.6 Å². The van der Waals surface area contributed by atoms with E-state index in [4.69, 9.17) is 0 Å². The van der Waals surface area contributed by atoms with E-state index in [1.807, 2.05) is 13.2 Å². The number of aromatic nitrogens is 2. The number of likely N-dealkylation sites (N-methyl/N-ethyl adjacent to an activating group) is 1. The third kappa shape index (κ3) is 3.80. The van der Waals surface area contributed by atoms with Crippen molar-refractivity contribution in [2.45, 2.75) is 13.5 Å². The molecule has 1 aliphatic rings. The number of hydrogen-bond donors (Lipinski definition) is 1. The first kappa shape index (κ1) is 15.0. The van der Waals surface area contributed by atoms with Crippen molar-refractivity contribution in [2.75, 3.05) is 51.7 Å². The topological polar surface area (TPSA) is 53.4 Å². The molecule has 6 nitrogen and oxygen atoms in total. The van der Waals surface area contributed by atoms with Gasteiger partial charge in [0.1, 0.15) is 0 Å². The van der Waals surface area contributed by atoms with Crippen LogP contribution in [-0.2, 0) is 6.54 Å². The molecule has 2 rings (SSSR count). The molecule has 1 atom stereocenters. The lowest BCUT2D eigenvalue weighted by atomic mass is 10.2. The summed E-state index contributed by atoms with van der Waals surface area (Å²) in [5, 5.41) is 7.43. The van der Waals surface area contributed by atoms with Crippen molar-refractivity contribution in [1.29, 1.82) is 0 Å². The summed E-state index contributed by atoms with van der Waals surface area (Å²) in [4.78, 5) is 16.7. The van der Waals surface area contributed by atoms with Crippen molar-refractivity contribution in [3.63, 3.8) is 0 Å². The van der Waals surface area contributed by atoms with Crippen LogP contribution in [0.15, 0.2) is 17.1 Å². The van der Waals surface area contributed by atoms with E-state index in [1.165, 1.54) is 0 Å².